The van der Waals surface area contributed by atoms with Gasteiger partial charge in [0.05, 0.1) is 0 Å². The summed E-state index contributed by atoms with van der Waals surface area (Å²) in [5.41, 5.74) is 1.08. The summed E-state index contributed by atoms with van der Waals surface area (Å²) in [6.45, 7) is 17.1. The second kappa shape index (κ2) is 11.5. The number of rotatable bonds is 4. The first-order valence-electron chi connectivity index (χ1n) is 8.56. The Morgan fingerprint density at radius 3 is 1.03 bits per heavy atom. The SMILES string of the molecule is [Au].[Au].[CH2-]P([CH2-])(C)(C)OC(=O)c1ccccc1.[CH2-]P([CH2-])(C)(C)OC(=O)c1ccccc1. The predicted octanol–water partition coefficient (Wildman–Crippen LogP) is 6.30. The van der Waals surface area contributed by atoms with Crippen LogP contribution in [0.5, 0.6) is 0 Å². The fourth-order valence-corrected chi connectivity index (χ4v) is 3.16. The summed E-state index contributed by atoms with van der Waals surface area (Å²) in [4.78, 5) is 23.2. The van der Waals surface area contributed by atoms with Gasteiger partial charge in [-0.3, -0.25) is 0 Å². The van der Waals surface area contributed by atoms with Crippen molar-refractivity contribution in [3.8, 4) is 0 Å². The Bertz CT molecular complexity index is 734. The first-order valence-corrected chi connectivity index (χ1v) is 15.4. The molecule has 0 bridgehead atoms. The van der Waals surface area contributed by atoms with E-state index in [4.69, 9.17) is 9.05 Å². The van der Waals surface area contributed by atoms with Gasteiger partial charge in [-0.25, -0.2) is 0 Å². The molecule has 0 atom stereocenters. The molecule has 0 fully saturated rings. The number of hydrogen-bond donors (Lipinski definition) is 0. The van der Waals surface area contributed by atoms with Crippen molar-refractivity contribution in [1.29, 1.82) is 0 Å². The molecule has 0 aromatic heterocycles. The van der Waals surface area contributed by atoms with E-state index in [1.807, 2.05) is 12.1 Å². The molecule has 2 aromatic rings. The van der Waals surface area contributed by atoms with Crippen LogP contribution in [0, 0.1) is 26.7 Å². The molecular weight excluding hydrogens is 784 g/mol. The van der Waals surface area contributed by atoms with Crippen LogP contribution in [0.2, 0.25) is 0 Å². The third kappa shape index (κ3) is 15.5. The van der Waals surface area contributed by atoms with Crippen LogP contribution >= 0.6 is 13.7 Å². The Morgan fingerprint density at radius 1 is 0.600 bits per heavy atom. The summed E-state index contributed by atoms with van der Waals surface area (Å²) in [5.74, 6) is -0.698. The van der Waals surface area contributed by atoms with Gasteiger partial charge in [0.25, 0.3) is 0 Å². The van der Waals surface area contributed by atoms with E-state index in [0.717, 1.165) is 0 Å². The number of benzene rings is 2. The summed E-state index contributed by atoms with van der Waals surface area (Å²) in [6.07, 6.45) is 0. The third-order valence-electron chi connectivity index (χ3n) is 2.81. The Hall–Kier alpha value is -0.279. The molecule has 178 valence electrons. The van der Waals surface area contributed by atoms with E-state index in [0.29, 0.717) is 11.1 Å². The Kier molecular flexibility index (Phi) is 12.3. The fraction of sp³-hybridized carbons (Fsp3) is 0.182. The van der Waals surface area contributed by atoms with E-state index in [2.05, 4.69) is 26.7 Å². The van der Waals surface area contributed by atoms with Crippen LogP contribution in [0.3, 0.4) is 0 Å². The molecule has 2 aromatic carbocycles. The summed E-state index contributed by atoms with van der Waals surface area (Å²) in [6, 6.07) is 17.7. The van der Waals surface area contributed by atoms with Crippen LogP contribution in [0.1, 0.15) is 20.7 Å². The predicted molar refractivity (Wildman–Crippen MR) is 123 cm³/mol. The molecule has 0 unspecified atom stereocenters. The first kappa shape index (κ1) is 31.9. The van der Waals surface area contributed by atoms with Crippen LogP contribution in [0.25, 0.3) is 0 Å². The molecule has 0 saturated carbocycles. The third-order valence-corrected chi connectivity index (χ3v) is 4.39. The molecule has 0 saturated heterocycles. The molecule has 0 aliphatic carbocycles. The Balaban J connectivity index is 0. The maximum absolute atomic E-state index is 11.6. The van der Waals surface area contributed by atoms with Crippen molar-refractivity contribution >= 4 is 25.6 Å². The molecule has 0 N–H and O–H groups in total. The molecule has 0 aliphatic heterocycles. The van der Waals surface area contributed by atoms with Crippen LogP contribution < -0.4 is 0 Å². The summed E-state index contributed by atoms with van der Waals surface area (Å²) < 4.78 is 10.6. The van der Waals surface area contributed by atoms with Crippen molar-refractivity contribution in [2.75, 3.05) is 26.7 Å². The second-order valence-corrected chi connectivity index (χ2v) is 19.2. The molecule has 2 radical (unpaired) electrons. The maximum atomic E-state index is 11.6. The van der Waals surface area contributed by atoms with Crippen molar-refractivity contribution < 1.29 is 63.4 Å². The molecule has 8 heteroatoms. The molecule has 0 spiro atoms. The Labute approximate surface area is 212 Å². The number of carbonyl (C=O) groups excluding carboxylic acids is 2. The van der Waals surface area contributed by atoms with Gasteiger partial charge in [0, 0.05) is 44.8 Å². The standard InChI is InChI=1S/2C11H15O2P.2Au/c2*1-14(2,3,4)13-11(12)10-8-6-5-7-9-10;;/h2*5-9H,1-2H2,3-4H3;;/q2*-2;;. The van der Waals surface area contributed by atoms with E-state index in [-0.39, 0.29) is 56.7 Å². The molecule has 0 amide bonds. The van der Waals surface area contributed by atoms with Crippen LogP contribution in [0.4, 0.5) is 0 Å². The van der Waals surface area contributed by atoms with Gasteiger partial charge < -0.3 is 0 Å². The zero-order valence-electron chi connectivity index (χ0n) is 17.7. The van der Waals surface area contributed by atoms with E-state index in [1.54, 1.807) is 75.2 Å². The normalized spacial score (nSPS) is 13.2. The summed E-state index contributed by atoms with van der Waals surface area (Å²) in [7, 11) is 0. The summed E-state index contributed by atoms with van der Waals surface area (Å²) >= 11 is 0. The molecule has 0 aliphatic rings. The van der Waals surface area contributed by atoms with Crippen molar-refractivity contribution in [3.63, 3.8) is 0 Å². The van der Waals surface area contributed by atoms with Gasteiger partial charge in [-0.15, -0.1) is 0 Å². The van der Waals surface area contributed by atoms with Crippen LogP contribution in [0.15, 0.2) is 60.7 Å². The van der Waals surface area contributed by atoms with Crippen LogP contribution in [-0.2, 0) is 53.8 Å². The minimum absolute atomic E-state index is 0. The van der Waals surface area contributed by atoms with E-state index >= 15 is 0 Å². The van der Waals surface area contributed by atoms with Gasteiger partial charge in [-0.05, 0) is 0 Å². The van der Waals surface area contributed by atoms with E-state index < -0.39 is 13.7 Å². The van der Waals surface area contributed by atoms with Gasteiger partial charge in [0.15, 0.2) is 0 Å². The molecular formula is C22H30Au2O4P2-4. The number of carbonyl (C=O) groups is 2. The van der Waals surface area contributed by atoms with Crippen molar-refractivity contribution in [1.82, 2.24) is 0 Å². The zero-order valence-corrected chi connectivity index (χ0v) is 23.9. The quantitative estimate of drug-likeness (QED) is 0.207. The van der Waals surface area contributed by atoms with Gasteiger partial charge in [-0.1, -0.05) is 0 Å². The second-order valence-electron chi connectivity index (χ2n) is 8.61. The fourth-order valence-electron chi connectivity index (χ4n) is 1.82. The van der Waals surface area contributed by atoms with Crippen molar-refractivity contribution in [3.05, 3.63) is 98.4 Å². The average molecular weight is 814 g/mol. The average Bonchev–Trinajstić information content (AvgIpc) is 2.52. The Morgan fingerprint density at radius 2 is 0.833 bits per heavy atom. The first-order chi connectivity index (χ1) is 12.5. The van der Waals surface area contributed by atoms with E-state index in [1.165, 1.54) is 0 Å². The van der Waals surface area contributed by atoms with Gasteiger partial charge >= 0.3 is 169 Å². The van der Waals surface area contributed by atoms with Gasteiger partial charge in [-0.2, -0.15) is 0 Å². The summed E-state index contributed by atoms with van der Waals surface area (Å²) in [5, 5.41) is 0. The van der Waals surface area contributed by atoms with Crippen molar-refractivity contribution in [2.24, 2.45) is 0 Å². The minimum atomic E-state index is -2.71. The van der Waals surface area contributed by atoms with Gasteiger partial charge in [0.1, 0.15) is 0 Å². The molecule has 4 nitrogen and oxygen atoms in total. The number of hydrogen-bond acceptors (Lipinski definition) is 4. The zero-order chi connectivity index (χ0) is 21.7. The van der Waals surface area contributed by atoms with Crippen molar-refractivity contribution in [2.45, 2.75) is 0 Å². The van der Waals surface area contributed by atoms with E-state index in [9.17, 15) is 9.59 Å². The van der Waals surface area contributed by atoms with Gasteiger partial charge in [0.2, 0.25) is 0 Å². The molecule has 0 heterocycles. The molecule has 30 heavy (non-hydrogen) atoms. The monoisotopic (exact) mass is 814 g/mol. The molecule has 2 rings (SSSR count). The topological polar surface area (TPSA) is 52.6 Å². The van der Waals surface area contributed by atoms with Crippen LogP contribution in [-0.4, -0.2) is 38.6 Å².